The van der Waals surface area contributed by atoms with E-state index in [1.807, 2.05) is 31.5 Å². The minimum Gasteiger partial charge on any atom is -0.265 e. The number of nitrogens with zero attached hydrogens (tertiary/aromatic N) is 1. The van der Waals surface area contributed by atoms with Crippen molar-refractivity contribution in [3.63, 3.8) is 0 Å². The molecule has 0 saturated heterocycles. The molecule has 2 unspecified atom stereocenters. The SMILES string of the molecule is CC(Cl)C(C)Cc1ccncc1. The molecular weight excluding hydrogens is 170 g/mol. The summed E-state index contributed by atoms with van der Waals surface area (Å²) >= 11 is 5.96. The van der Waals surface area contributed by atoms with Gasteiger partial charge in [-0.3, -0.25) is 4.98 Å². The summed E-state index contributed by atoms with van der Waals surface area (Å²) in [4.78, 5) is 3.96. The van der Waals surface area contributed by atoms with Crippen molar-refractivity contribution in [1.29, 1.82) is 0 Å². The molecule has 0 radical (unpaired) electrons. The number of halogens is 1. The Morgan fingerprint density at radius 1 is 1.33 bits per heavy atom. The first-order valence-electron chi connectivity index (χ1n) is 4.23. The molecule has 0 spiro atoms. The van der Waals surface area contributed by atoms with Gasteiger partial charge in [0.15, 0.2) is 0 Å². The second-order valence-corrected chi connectivity index (χ2v) is 3.90. The number of rotatable bonds is 3. The molecule has 1 rings (SSSR count). The van der Waals surface area contributed by atoms with Crippen molar-refractivity contribution in [3.05, 3.63) is 30.1 Å². The van der Waals surface area contributed by atoms with Gasteiger partial charge < -0.3 is 0 Å². The Labute approximate surface area is 78.8 Å². The highest BCUT2D eigenvalue weighted by Crippen LogP contribution is 2.14. The van der Waals surface area contributed by atoms with Crippen molar-refractivity contribution in [3.8, 4) is 0 Å². The van der Waals surface area contributed by atoms with E-state index in [-0.39, 0.29) is 5.38 Å². The van der Waals surface area contributed by atoms with Crippen LogP contribution in [0.5, 0.6) is 0 Å². The van der Waals surface area contributed by atoms with E-state index in [0.717, 1.165) is 6.42 Å². The van der Waals surface area contributed by atoms with E-state index in [1.165, 1.54) is 5.56 Å². The van der Waals surface area contributed by atoms with E-state index >= 15 is 0 Å². The predicted molar refractivity (Wildman–Crippen MR) is 52.4 cm³/mol. The Morgan fingerprint density at radius 3 is 2.42 bits per heavy atom. The highest BCUT2D eigenvalue weighted by molar-refractivity contribution is 6.20. The highest BCUT2D eigenvalue weighted by atomic mass is 35.5. The van der Waals surface area contributed by atoms with Gasteiger partial charge in [-0.25, -0.2) is 0 Å². The van der Waals surface area contributed by atoms with Crippen LogP contribution in [0.15, 0.2) is 24.5 Å². The number of aromatic nitrogens is 1. The third-order valence-electron chi connectivity index (χ3n) is 2.09. The van der Waals surface area contributed by atoms with Crippen LogP contribution >= 0.6 is 11.6 Å². The van der Waals surface area contributed by atoms with E-state index in [9.17, 15) is 0 Å². The summed E-state index contributed by atoms with van der Waals surface area (Å²) in [6.45, 7) is 4.20. The maximum absolute atomic E-state index is 5.96. The zero-order valence-corrected chi connectivity index (χ0v) is 8.25. The summed E-state index contributed by atoms with van der Waals surface area (Å²) in [6, 6.07) is 4.07. The van der Waals surface area contributed by atoms with Gasteiger partial charge in [-0.05, 0) is 37.0 Å². The van der Waals surface area contributed by atoms with Crippen LogP contribution in [-0.4, -0.2) is 10.4 Å². The second-order valence-electron chi connectivity index (χ2n) is 3.21. The fourth-order valence-electron chi connectivity index (χ4n) is 1.05. The van der Waals surface area contributed by atoms with E-state index < -0.39 is 0 Å². The molecular formula is C10H14ClN. The summed E-state index contributed by atoms with van der Waals surface area (Å²) in [5.74, 6) is 0.522. The number of alkyl halides is 1. The van der Waals surface area contributed by atoms with Gasteiger partial charge in [-0.15, -0.1) is 11.6 Å². The molecule has 0 saturated carbocycles. The summed E-state index contributed by atoms with van der Waals surface area (Å²) in [5, 5.41) is 0.234. The zero-order valence-electron chi connectivity index (χ0n) is 7.50. The molecule has 0 N–H and O–H groups in total. The lowest BCUT2D eigenvalue weighted by molar-refractivity contribution is 0.568. The first kappa shape index (κ1) is 9.53. The maximum Gasteiger partial charge on any atom is 0.0336 e. The van der Waals surface area contributed by atoms with Gasteiger partial charge in [-0.2, -0.15) is 0 Å². The molecule has 0 aliphatic heterocycles. The first-order valence-corrected chi connectivity index (χ1v) is 4.66. The average molecular weight is 184 g/mol. The number of hydrogen-bond donors (Lipinski definition) is 0. The van der Waals surface area contributed by atoms with Gasteiger partial charge in [0.2, 0.25) is 0 Å². The summed E-state index contributed by atoms with van der Waals surface area (Å²) in [5.41, 5.74) is 1.31. The van der Waals surface area contributed by atoms with Crippen LogP contribution in [0.2, 0.25) is 0 Å². The lowest BCUT2D eigenvalue weighted by Gasteiger charge is -2.12. The van der Waals surface area contributed by atoms with E-state index in [1.54, 1.807) is 0 Å². The molecule has 2 atom stereocenters. The molecule has 1 heterocycles. The fraction of sp³-hybridized carbons (Fsp3) is 0.500. The molecule has 0 bridgehead atoms. The quantitative estimate of drug-likeness (QED) is 0.657. The Hall–Kier alpha value is -0.560. The van der Waals surface area contributed by atoms with Crippen molar-refractivity contribution < 1.29 is 0 Å². The van der Waals surface area contributed by atoms with E-state index in [2.05, 4.69) is 11.9 Å². The van der Waals surface area contributed by atoms with Crippen LogP contribution in [0.4, 0.5) is 0 Å². The van der Waals surface area contributed by atoms with Crippen molar-refractivity contribution in [2.75, 3.05) is 0 Å². The van der Waals surface area contributed by atoms with Crippen LogP contribution in [0.3, 0.4) is 0 Å². The minimum absolute atomic E-state index is 0.234. The van der Waals surface area contributed by atoms with Crippen LogP contribution in [-0.2, 0) is 6.42 Å². The molecule has 0 aromatic carbocycles. The van der Waals surface area contributed by atoms with Gasteiger partial charge in [0.05, 0.1) is 0 Å². The Bertz CT molecular complexity index is 221. The number of pyridine rings is 1. The van der Waals surface area contributed by atoms with Crippen molar-refractivity contribution in [2.24, 2.45) is 5.92 Å². The molecule has 0 fully saturated rings. The zero-order chi connectivity index (χ0) is 8.97. The predicted octanol–water partition coefficient (Wildman–Crippen LogP) is 2.89. The Balaban J connectivity index is 2.53. The monoisotopic (exact) mass is 183 g/mol. The molecule has 0 aliphatic rings. The number of hydrogen-bond acceptors (Lipinski definition) is 1. The summed E-state index contributed by atoms with van der Waals surface area (Å²) in [7, 11) is 0. The summed E-state index contributed by atoms with van der Waals surface area (Å²) in [6.07, 6.45) is 4.68. The third-order valence-corrected chi connectivity index (χ3v) is 2.52. The van der Waals surface area contributed by atoms with Crippen LogP contribution in [0.25, 0.3) is 0 Å². The molecule has 0 aliphatic carbocycles. The molecule has 1 nitrogen and oxygen atoms in total. The van der Waals surface area contributed by atoms with Crippen LogP contribution in [0.1, 0.15) is 19.4 Å². The average Bonchev–Trinajstić information content (AvgIpc) is 2.06. The molecule has 2 heteroatoms. The lowest BCUT2D eigenvalue weighted by atomic mass is 9.99. The van der Waals surface area contributed by atoms with Gasteiger partial charge in [0.1, 0.15) is 0 Å². The Morgan fingerprint density at radius 2 is 1.92 bits per heavy atom. The van der Waals surface area contributed by atoms with Gasteiger partial charge in [0, 0.05) is 17.8 Å². The van der Waals surface area contributed by atoms with Crippen molar-refractivity contribution in [1.82, 2.24) is 4.98 Å². The summed E-state index contributed by atoms with van der Waals surface area (Å²) < 4.78 is 0. The Kier molecular flexibility index (Phi) is 3.54. The maximum atomic E-state index is 5.96. The van der Waals surface area contributed by atoms with Gasteiger partial charge in [-0.1, -0.05) is 6.92 Å². The first-order chi connectivity index (χ1) is 5.70. The normalized spacial score (nSPS) is 15.6. The van der Waals surface area contributed by atoms with E-state index in [0.29, 0.717) is 5.92 Å². The second kappa shape index (κ2) is 4.46. The van der Waals surface area contributed by atoms with Gasteiger partial charge >= 0.3 is 0 Å². The lowest BCUT2D eigenvalue weighted by Crippen LogP contribution is -2.09. The topological polar surface area (TPSA) is 12.9 Å². The van der Waals surface area contributed by atoms with Gasteiger partial charge in [0.25, 0.3) is 0 Å². The fourth-order valence-corrected chi connectivity index (χ4v) is 1.14. The standard InChI is InChI=1S/C10H14ClN/c1-8(9(2)11)7-10-3-5-12-6-4-10/h3-6,8-9H,7H2,1-2H3. The van der Waals surface area contributed by atoms with E-state index in [4.69, 9.17) is 11.6 Å². The third kappa shape index (κ3) is 2.82. The van der Waals surface area contributed by atoms with Crippen molar-refractivity contribution in [2.45, 2.75) is 25.6 Å². The molecule has 12 heavy (non-hydrogen) atoms. The molecule has 0 amide bonds. The van der Waals surface area contributed by atoms with Crippen molar-refractivity contribution >= 4 is 11.6 Å². The van der Waals surface area contributed by atoms with Crippen LogP contribution < -0.4 is 0 Å². The smallest absolute Gasteiger partial charge is 0.0336 e. The largest absolute Gasteiger partial charge is 0.265 e. The molecule has 66 valence electrons. The highest BCUT2D eigenvalue weighted by Gasteiger charge is 2.08. The van der Waals surface area contributed by atoms with Crippen LogP contribution in [0, 0.1) is 5.92 Å². The molecule has 1 aromatic heterocycles. The minimum atomic E-state index is 0.234. The molecule has 1 aromatic rings.